The molecule has 0 amide bonds. The van der Waals surface area contributed by atoms with E-state index in [4.69, 9.17) is 5.26 Å². The fraction of sp³-hybridized carbons (Fsp3) is 0. The number of nitriles is 1. The minimum absolute atomic E-state index is 0. The molecule has 0 fully saturated rings. The zero-order chi connectivity index (χ0) is 5.82. The van der Waals surface area contributed by atoms with Gasteiger partial charge in [-0.2, -0.15) is 5.26 Å². The summed E-state index contributed by atoms with van der Waals surface area (Å²) in [4.78, 5) is 3.74. The molecule has 0 saturated heterocycles. The molecule has 3 heteroatoms. The van der Waals surface area contributed by atoms with Gasteiger partial charge in [0.15, 0.2) is 0 Å². The molecule has 0 bridgehead atoms. The van der Waals surface area contributed by atoms with Crippen LogP contribution < -0.4 is 0 Å². The Balaban J connectivity index is 0.000000640. The molecule has 0 aliphatic carbocycles. The Morgan fingerprint density at radius 2 is 2.22 bits per heavy atom. The van der Waals surface area contributed by atoms with Crippen molar-refractivity contribution < 1.29 is 20.4 Å². The van der Waals surface area contributed by atoms with Crippen molar-refractivity contribution in [3.63, 3.8) is 0 Å². The first-order valence-electron chi connectivity index (χ1n) is 2.24. The van der Waals surface area contributed by atoms with E-state index in [0.29, 0.717) is 5.69 Å². The van der Waals surface area contributed by atoms with Gasteiger partial charge < -0.3 is 0 Å². The van der Waals surface area contributed by atoms with Gasteiger partial charge in [0.25, 0.3) is 0 Å². The molecule has 0 spiro atoms. The van der Waals surface area contributed by atoms with Crippen LogP contribution in [0.25, 0.3) is 0 Å². The minimum atomic E-state index is 0. The van der Waals surface area contributed by atoms with E-state index in [1.54, 1.807) is 24.4 Å². The van der Waals surface area contributed by atoms with Gasteiger partial charge in [0.1, 0.15) is 11.8 Å². The van der Waals surface area contributed by atoms with E-state index in [1.807, 2.05) is 6.07 Å². The molecule has 0 aromatic carbocycles. The Morgan fingerprint density at radius 3 is 2.56 bits per heavy atom. The normalized spacial score (nSPS) is 7.00. The summed E-state index contributed by atoms with van der Waals surface area (Å²) in [7, 11) is 0. The smallest absolute Gasteiger partial charge is 0.140 e. The molecule has 0 unspecified atom stereocenters. The van der Waals surface area contributed by atoms with E-state index >= 15 is 0 Å². The second-order valence-corrected chi connectivity index (χ2v) is 1.33. The van der Waals surface area contributed by atoms with E-state index in [0.717, 1.165) is 0 Å². The number of aromatic nitrogens is 1. The van der Waals surface area contributed by atoms with Gasteiger partial charge >= 0.3 is 0 Å². The molecule has 1 rings (SSSR count). The second-order valence-electron chi connectivity index (χ2n) is 1.33. The van der Waals surface area contributed by atoms with E-state index in [9.17, 15) is 0 Å². The molecule has 1 heterocycles. The first-order valence-corrected chi connectivity index (χ1v) is 2.24. The molecule has 48 valence electrons. The van der Waals surface area contributed by atoms with Crippen LogP contribution >= 0.6 is 0 Å². The van der Waals surface area contributed by atoms with Crippen LogP contribution in [0.4, 0.5) is 0 Å². The maximum absolute atomic E-state index is 8.23. The van der Waals surface area contributed by atoms with Crippen molar-refractivity contribution in [3.8, 4) is 6.07 Å². The van der Waals surface area contributed by atoms with Crippen LogP contribution in [0.15, 0.2) is 24.4 Å². The molecule has 0 aliphatic rings. The molecule has 0 saturated carbocycles. The summed E-state index contributed by atoms with van der Waals surface area (Å²) in [6, 6.07) is 7.14. The zero-order valence-electron chi connectivity index (χ0n) is 4.52. The molecule has 1 aromatic heterocycles. The molecule has 2 nitrogen and oxygen atoms in total. The van der Waals surface area contributed by atoms with Crippen LogP contribution in [0.1, 0.15) is 5.69 Å². The summed E-state index contributed by atoms with van der Waals surface area (Å²) < 4.78 is 0. The Hall–Kier alpha value is -0.698. The monoisotopic (exact) mass is 210 g/mol. The number of pyridine rings is 1. The van der Waals surface area contributed by atoms with Crippen molar-refractivity contribution in [1.82, 2.24) is 4.98 Å². The summed E-state index contributed by atoms with van der Waals surface area (Å²) in [5.41, 5.74) is 0.465. The molecule has 0 atom stereocenters. The fourth-order valence-corrected chi connectivity index (χ4v) is 0.429. The third-order valence-corrected chi connectivity index (χ3v) is 0.779. The summed E-state index contributed by atoms with van der Waals surface area (Å²) in [6.07, 6.45) is 1.60. The molecule has 0 radical (unpaired) electrons. The number of hydrogen-bond donors (Lipinski definition) is 0. The van der Waals surface area contributed by atoms with Crippen LogP contribution in [0.2, 0.25) is 0 Å². The van der Waals surface area contributed by atoms with Crippen molar-refractivity contribution in [2.24, 2.45) is 0 Å². The van der Waals surface area contributed by atoms with Crippen molar-refractivity contribution in [2.45, 2.75) is 0 Å². The number of rotatable bonds is 0. The van der Waals surface area contributed by atoms with Crippen molar-refractivity contribution in [1.29, 1.82) is 5.26 Å². The molecule has 9 heavy (non-hydrogen) atoms. The van der Waals surface area contributed by atoms with Crippen molar-refractivity contribution in [3.05, 3.63) is 30.1 Å². The predicted molar refractivity (Wildman–Crippen MR) is 29.0 cm³/mol. The van der Waals surface area contributed by atoms with Crippen molar-refractivity contribution >= 4 is 0 Å². The molecule has 0 aliphatic heterocycles. The quantitative estimate of drug-likeness (QED) is 0.598. The SMILES string of the molecule is N#Cc1ccccn1.[Pd]. The third kappa shape index (κ3) is 2.37. The van der Waals surface area contributed by atoms with E-state index < -0.39 is 0 Å². The Kier molecular flexibility index (Phi) is 3.88. The largest absolute Gasteiger partial charge is 0.246 e. The zero-order valence-corrected chi connectivity index (χ0v) is 6.07. The summed E-state index contributed by atoms with van der Waals surface area (Å²) in [5.74, 6) is 0. The third-order valence-electron chi connectivity index (χ3n) is 0.779. The van der Waals surface area contributed by atoms with Gasteiger partial charge in [-0.05, 0) is 12.1 Å². The minimum Gasteiger partial charge on any atom is -0.246 e. The molecule has 0 N–H and O–H groups in total. The average Bonchev–Trinajstić information content (AvgIpc) is 1.90. The van der Waals surface area contributed by atoms with Gasteiger partial charge in [0.05, 0.1) is 0 Å². The summed E-state index contributed by atoms with van der Waals surface area (Å²) in [6.45, 7) is 0. The van der Waals surface area contributed by atoms with E-state index in [1.165, 1.54) is 0 Å². The van der Waals surface area contributed by atoms with Crippen LogP contribution in [0.5, 0.6) is 0 Å². The maximum Gasteiger partial charge on any atom is 0.140 e. The predicted octanol–water partition coefficient (Wildman–Crippen LogP) is 0.951. The van der Waals surface area contributed by atoms with Crippen LogP contribution in [-0.4, -0.2) is 4.98 Å². The van der Waals surface area contributed by atoms with E-state index in [2.05, 4.69) is 4.98 Å². The molecular weight excluding hydrogens is 206 g/mol. The average molecular weight is 211 g/mol. The fourth-order valence-electron chi connectivity index (χ4n) is 0.429. The standard InChI is InChI=1S/C6H4N2.Pd/c7-5-6-3-1-2-4-8-6;/h1-4H;. The number of hydrogen-bond acceptors (Lipinski definition) is 2. The summed E-state index contributed by atoms with van der Waals surface area (Å²) >= 11 is 0. The topological polar surface area (TPSA) is 36.7 Å². The van der Waals surface area contributed by atoms with Gasteiger partial charge in [-0.1, -0.05) is 6.07 Å². The van der Waals surface area contributed by atoms with E-state index in [-0.39, 0.29) is 20.4 Å². The van der Waals surface area contributed by atoms with Gasteiger partial charge in [0, 0.05) is 26.6 Å². The van der Waals surface area contributed by atoms with Crippen LogP contribution in [0.3, 0.4) is 0 Å². The Bertz CT molecular complexity index is 202. The summed E-state index contributed by atoms with van der Waals surface area (Å²) in [5, 5.41) is 8.23. The molecule has 1 aromatic rings. The Labute approximate surface area is 67.2 Å². The van der Waals surface area contributed by atoms with Crippen LogP contribution in [0, 0.1) is 11.3 Å². The first-order chi connectivity index (χ1) is 3.93. The molecular formula is C6H4N2Pd. The van der Waals surface area contributed by atoms with Gasteiger partial charge in [-0.25, -0.2) is 4.98 Å². The number of nitrogens with zero attached hydrogens (tertiary/aromatic N) is 2. The van der Waals surface area contributed by atoms with Crippen molar-refractivity contribution in [2.75, 3.05) is 0 Å². The van der Waals surface area contributed by atoms with Gasteiger partial charge in [-0.3, -0.25) is 0 Å². The second kappa shape index (κ2) is 4.21. The van der Waals surface area contributed by atoms with Gasteiger partial charge in [-0.15, -0.1) is 0 Å². The maximum atomic E-state index is 8.23. The first kappa shape index (κ1) is 8.30. The van der Waals surface area contributed by atoms with Crippen LogP contribution in [-0.2, 0) is 20.4 Å². The Morgan fingerprint density at radius 1 is 1.44 bits per heavy atom. The van der Waals surface area contributed by atoms with Gasteiger partial charge in [0.2, 0.25) is 0 Å².